The van der Waals surface area contributed by atoms with E-state index in [1.54, 1.807) is 25.3 Å². The van der Waals surface area contributed by atoms with E-state index in [9.17, 15) is 5.11 Å². The van der Waals surface area contributed by atoms with Gasteiger partial charge < -0.3 is 9.84 Å². The van der Waals surface area contributed by atoms with Crippen LogP contribution in [0.4, 0.5) is 0 Å². The zero-order valence-corrected chi connectivity index (χ0v) is 11.0. The van der Waals surface area contributed by atoms with E-state index in [1.807, 2.05) is 12.3 Å². The minimum atomic E-state index is -0.744. The van der Waals surface area contributed by atoms with E-state index in [0.29, 0.717) is 16.5 Å². The zero-order chi connectivity index (χ0) is 12.4. The second-order valence-electron chi connectivity index (χ2n) is 3.59. The summed E-state index contributed by atoms with van der Waals surface area (Å²) in [7, 11) is 1.55. The molecule has 1 heterocycles. The van der Waals surface area contributed by atoms with Gasteiger partial charge in [-0.3, -0.25) is 0 Å². The number of aliphatic hydroxyl groups is 1. The molecule has 1 atom stereocenters. The molecule has 0 fully saturated rings. The topological polar surface area (TPSA) is 42.4 Å². The maximum Gasteiger partial charge on any atom is 0.137 e. The molecule has 90 valence electrons. The van der Waals surface area contributed by atoms with Crippen LogP contribution in [0.15, 0.2) is 23.6 Å². The minimum absolute atomic E-state index is 0.526. The fourth-order valence-corrected chi connectivity index (χ4v) is 2.35. The lowest BCUT2D eigenvalue weighted by molar-refractivity contribution is 0.215. The summed E-state index contributed by atoms with van der Waals surface area (Å²) in [6.45, 7) is 1.91. The molecule has 0 bridgehead atoms. The van der Waals surface area contributed by atoms with Crippen molar-refractivity contribution < 1.29 is 9.84 Å². The number of aromatic nitrogens is 1. The highest BCUT2D eigenvalue weighted by Crippen LogP contribution is 2.30. The molecule has 1 aromatic carbocycles. The standard InChI is InChI=1S/C12H12ClNO2S/c1-7-14-10(6-17-7)12(15)8-3-4-9(13)11(5-8)16-2/h3-6,12,15H,1-2H3. The Labute approximate surface area is 109 Å². The van der Waals surface area contributed by atoms with Crippen LogP contribution in [0, 0.1) is 6.92 Å². The highest BCUT2D eigenvalue weighted by molar-refractivity contribution is 7.09. The number of methoxy groups -OCH3 is 1. The molecular formula is C12H12ClNO2S. The van der Waals surface area contributed by atoms with Crippen LogP contribution in [0.5, 0.6) is 5.75 Å². The van der Waals surface area contributed by atoms with E-state index >= 15 is 0 Å². The van der Waals surface area contributed by atoms with Gasteiger partial charge in [0.25, 0.3) is 0 Å². The molecule has 5 heteroatoms. The summed E-state index contributed by atoms with van der Waals surface area (Å²) in [6.07, 6.45) is -0.744. The highest BCUT2D eigenvalue weighted by atomic mass is 35.5. The molecule has 0 saturated heterocycles. The van der Waals surface area contributed by atoms with Gasteiger partial charge in [-0.25, -0.2) is 4.98 Å². The Bertz CT molecular complexity index is 527. The first-order chi connectivity index (χ1) is 8.11. The highest BCUT2D eigenvalue weighted by Gasteiger charge is 2.15. The fraction of sp³-hybridized carbons (Fsp3) is 0.250. The third-order valence-electron chi connectivity index (χ3n) is 2.41. The number of hydrogen-bond donors (Lipinski definition) is 1. The van der Waals surface area contributed by atoms with Crippen molar-refractivity contribution in [3.63, 3.8) is 0 Å². The second kappa shape index (κ2) is 5.04. The van der Waals surface area contributed by atoms with Crippen LogP contribution in [-0.2, 0) is 0 Å². The monoisotopic (exact) mass is 269 g/mol. The number of nitrogens with zero attached hydrogens (tertiary/aromatic N) is 1. The third kappa shape index (κ3) is 2.60. The van der Waals surface area contributed by atoms with Crippen molar-refractivity contribution in [1.29, 1.82) is 0 Å². The summed E-state index contributed by atoms with van der Waals surface area (Å²) in [5.74, 6) is 0.551. The molecule has 0 amide bonds. The van der Waals surface area contributed by atoms with Crippen LogP contribution < -0.4 is 4.74 Å². The van der Waals surface area contributed by atoms with E-state index < -0.39 is 6.10 Å². The number of aryl methyl sites for hydroxylation is 1. The molecule has 1 aromatic heterocycles. The number of aliphatic hydroxyl groups excluding tert-OH is 1. The van der Waals surface area contributed by atoms with Crippen molar-refractivity contribution in [2.75, 3.05) is 7.11 Å². The summed E-state index contributed by atoms with van der Waals surface area (Å²) in [4.78, 5) is 4.26. The molecule has 2 aromatic rings. The minimum Gasteiger partial charge on any atom is -0.495 e. The number of hydrogen-bond acceptors (Lipinski definition) is 4. The number of ether oxygens (including phenoxy) is 1. The molecule has 1 N–H and O–H groups in total. The van der Waals surface area contributed by atoms with Gasteiger partial charge in [-0.2, -0.15) is 0 Å². The Morgan fingerprint density at radius 2 is 2.24 bits per heavy atom. The van der Waals surface area contributed by atoms with Crippen molar-refractivity contribution in [1.82, 2.24) is 4.98 Å². The molecule has 0 saturated carbocycles. The van der Waals surface area contributed by atoms with E-state index in [4.69, 9.17) is 16.3 Å². The maximum atomic E-state index is 10.2. The Morgan fingerprint density at radius 1 is 1.47 bits per heavy atom. The average Bonchev–Trinajstić information content (AvgIpc) is 2.75. The van der Waals surface area contributed by atoms with Crippen LogP contribution in [0.25, 0.3) is 0 Å². The zero-order valence-electron chi connectivity index (χ0n) is 9.48. The van der Waals surface area contributed by atoms with E-state index in [2.05, 4.69) is 4.98 Å². The van der Waals surface area contributed by atoms with Gasteiger partial charge in [-0.15, -0.1) is 11.3 Å². The molecule has 17 heavy (non-hydrogen) atoms. The van der Waals surface area contributed by atoms with Crippen molar-refractivity contribution >= 4 is 22.9 Å². The first-order valence-corrected chi connectivity index (χ1v) is 6.31. The van der Waals surface area contributed by atoms with Crippen LogP contribution in [-0.4, -0.2) is 17.2 Å². The van der Waals surface area contributed by atoms with Gasteiger partial charge in [0.15, 0.2) is 0 Å². The molecule has 0 radical (unpaired) electrons. The van der Waals surface area contributed by atoms with Gasteiger partial charge in [-0.05, 0) is 24.6 Å². The molecule has 0 spiro atoms. The lowest BCUT2D eigenvalue weighted by Gasteiger charge is -2.10. The van der Waals surface area contributed by atoms with Crippen molar-refractivity contribution in [2.45, 2.75) is 13.0 Å². The van der Waals surface area contributed by atoms with Gasteiger partial charge in [0, 0.05) is 5.38 Å². The molecule has 2 rings (SSSR count). The predicted octanol–water partition coefficient (Wildman–Crippen LogP) is 3.20. The molecule has 0 aliphatic rings. The van der Waals surface area contributed by atoms with E-state index in [0.717, 1.165) is 10.6 Å². The van der Waals surface area contributed by atoms with E-state index in [1.165, 1.54) is 11.3 Å². The lowest BCUT2D eigenvalue weighted by Crippen LogP contribution is -2.00. The maximum absolute atomic E-state index is 10.2. The predicted molar refractivity (Wildman–Crippen MR) is 68.9 cm³/mol. The normalized spacial score (nSPS) is 12.5. The summed E-state index contributed by atoms with van der Waals surface area (Å²) < 4.78 is 5.12. The number of thiazole rings is 1. The summed E-state index contributed by atoms with van der Waals surface area (Å²) in [6, 6.07) is 5.20. The molecule has 1 unspecified atom stereocenters. The molecule has 3 nitrogen and oxygen atoms in total. The van der Waals surface area contributed by atoms with E-state index in [-0.39, 0.29) is 0 Å². The van der Waals surface area contributed by atoms with Gasteiger partial charge in [-0.1, -0.05) is 17.7 Å². The largest absolute Gasteiger partial charge is 0.495 e. The number of benzene rings is 1. The lowest BCUT2D eigenvalue weighted by atomic mass is 10.1. The smallest absolute Gasteiger partial charge is 0.137 e. The first-order valence-electron chi connectivity index (χ1n) is 5.05. The molecular weight excluding hydrogens is 258 g/mol. The van der Waals surface area contributed by atoms with Gasteiger partial charge in [0.1, 0.15) is 11.9 Å². The van der Waals surface area contributed by atoms with Crippen molar-refractivity contribution in [3.8, 4) is 5.75 Å². The van der Waals surface area contributed by atoms with Crippen LogP contribution >= 0.6 is 22.9 Å². The summed E-state index contributed by atoms with van der Waals surface area (Å²) in [5.41, 5.74) is 1.37. The van der Waals surface area contributed by atoms with Crippen molar-refractivity contribution in [3.05, 3.63) is 44.9 Å². The molecule has 0 aliphatic heterocycles. The van der Waals surface area contributed by atoms with Gasteiger partial charge in [0.2, 0.25) is 0 Å². The average molecular weight is 270 g/mol. The quantitative estimate of drug-likeness (QED) is 0.930. The number of rotatable bonds is 3. The van der Waals surface area contributed by atoms with Crippen molar-refractivity contribution in [2.24, 2.45) is 0 Å². The van der Waals surface area contributed by atoms with Gasteiger partial charge in [0.05, 0.1) is 22.8 Å². The Morgan fingerprint density at radius 3 is 2.82 bits per heavy atom. The fourth-order valence-electron chi connectivity index (χ4n) is 1.52. The van der Waals surface area contributed by atoms with Crippen LogP contribution in [0.1, 0.15) is 22.4 Å². The summed E-state index contributed by atoms with van der Waals surface area (Å²) >= 11 is 7.44. The number of halogens is 1. The SMILES string of the molecule is COc1cc(C(O)c2csc(C)n2)ccc1Cl. The Kier molecular flexibility index (Phi) is 3.66. The van der Waals surface area contributed by atoms with Gasteiger partial charge >= 0.3 is 0 Å². The first kappa shape index (κ1) is 12.4. The second-order valence-corrected chi connectivity index (χ2v) is 5.06. The Hall–Kier alpha value is -1.10. The Balaban J connectivity index is 2.34. The third-order valence-corrected chi connectivity index (χ3v) is 3.51. The molecule has 0 aliphatic carbocycles. The summed E-state index contributed by atoms with van der Waals surface area (Å²) in [5, 5.41) is 13.5. The van der Waals surface area contributed by atoms with Crippen LogP contribution in [0.2, 0.25) is 5.02 Å². The van der Waals surface area contributed by atoms with Crippen LogP contribution in [0.3, 0.4) is 0 Å².